The van der Waals surface area contributed by atoms with E-state index in [1.807, 2.05) is 19.1 Å². The Bertz CT molecular complexity index is 424. The molecule has 0 radical (unpaired) electrons. The predicted molar refractivity (Wildman–Crippen MR) is 63.6 cm³/mol. The third kappa shape index (κ3) is 4.14. The van der Waals surface area contributed by atoms with Gasteiger partial charge in [0.05, 0.1) is 0 Å². The van der Waals surface area contributed by atoms with Crippen molar-refractivity contribution in [2.24, 2.45) is 5.11 Å². The molecule has 0 saturated carbocycles. The summed E-state index contributed by atoms with van der Waals surface area (Å²) in [5, 5.41) is 15.2. The van der Waals surface area contributed by atoms with Crippen LogP contribution >= 0.6 is 0 Å². The van der Waals surface area contributed by atoms with Gasteiger partial charge in [-0.05, 0) is 18.0 Å². The zero-order valence-electron chi connectivity index (χ0n) is 9.50. The average Bonchev–Trinajstić information content (AvgIpc) is 2.30. The van der Waals surface area contributed by atoms with E-state index in [2.05, 4.69) is 15.3 Å². The van der Waals surface area contributed by atoms with Crippen LogP contribution in [0, 0.1) is 6.92 Å². The van der Waals surface area contributed by atoms with Crippen LogP contribution in [-0.4, -0.2) is 24.2 Å². The van der Waals surface area contributed by atoms with Gasteiger partial charge in [-0.3, -0.25) is 4.79 Å². The van der Waals surface area contributed by atoms with Crippen molar-refractivity contribution in [2.45, 2.75) is 13.0 Å². The maximum Gasteiger partial charge on any atom is 0.325 e. The van der Waals surface area contributed by atoms with Crippen molar-refractivity contribution in [1.29, 1.82) is 0 Å². The third-order valence-electron chi connectivity index (χ3n) is 2.28. The Morgan fingerprint density at radius 1 is 1.53 bits per heavy atom. The second kappa shape index (κ2) is 6.52. The number of carboxylic acid groups (broad SMARTS) is 1. The quantitative estimate of drug-likeness (QED) is 0.341. The molecule has 0 aliphatic rings. The minimum absolute atomic E-state index is 0.228. The molecule has 0 fully saturated rings. The van der Waals surface area contributed by atoms with Crippen LogP contribution in [0.4, 0.5) is 0 Å². The van der Waals surface area contributed by atoms with Crippen LogP contribution in [0.3, 0.4) is 0 Å². The molecule has 1 unspecified atom stereocenters. The standard InChI is InChI=1S/C11H14N4O2/c1-8-2-4-9(5-3-8)10(11(16)17)13-6-7-14-15-12/h2-5,10,13H,6-7H2,1H3,(H,16,17). The summed E-state index contributed by atoms with van der Waals surface area (Å²) >= 11 is 0. The zero-order valence-corrected chi connectivity index (χ0v) is 9.50. The molecule has 6 heteroatoms. The summed E-state index contributed by atoms with van der Waals surface area (Å²) in [5.41, 5.74) is 9.86. The Kier molecular flexibility index (Phi) is 5.00. The van der Waals surface area contributed by atoms with Gasteiger partial charge in [-0.1, -0.05) is 34.9 Å². The summed E-state index contributed by atoms with van der Waals surface area (Å²) < 4.78 is 0. The number of aryl methyl sites for hydroxylation is 1. The van der Waals surface area contributed by atoms with Gasteiger partial charge in [0.2, 0.25) is 0 Å². The average molecular weight is 234 g/mol. The first kappa shape index (κ1) is 13.0. The van der Waals surface area contributed by atoms with Crippen LogP contribution in [-0.2, 0) is 4.79 Å². The van der Waals surface area contributed by atoms with Crippen molar-refractivity contribution in [3.63, 3.8) is 0 Å². The number of carbonyl (C=O) groups is 1. The molecule has 90 valence electrons. The topological polar surface area (TPSA) is 98.1 Å². The highest BCUT2D eigenvalue weighted by Gasteiger charge is 2.18. The fourth-order valence-electron chi connectivity index (χ4n) is 1.41. The molecule has 0 amide bonds. The highest BCUT2D eigenvalue weighted by molar-refractivity contribution is 5.75. The second-order valence-corrected chi connectivity index (χ2v) is 3.59. The van der Waals surface area contributed by atoms with Gasteiger partial charge in [0.1, 0.15) is 6.04 Å². The number of aliphatic carboxylic acids is 1. The molecule has 0 bridgehead atoms. The normalized spacial score (nSPS) is 11.6. The lowest BCUT2D eigenvalue weighted by molar-refractivity contribution is -0.139. The molecule has 0 heterocycles. The van der Waals surface area contributed by atoms with E-state index >= 15 is 0 Å². The van der Waals surface area contributed by atoms with Gasteiger partial charge in [-0.15, -0.1) is 0 Å². The van der Waals surface area contributed by atoms with Crippen molar-refractivity contribution in [2.75, 3.05) is 13.1 Å². The van der Waals surface area contributed by atoms with Crippen LogP contribution in [0.5, 0.6) is 0 Å². The Morgan fingerprint density at radius 2 is 2.18 bits per heavy atom. The van der Waals surface area contributed by atoms with E-state index in [0.717, 1.165) is 5.56 Å². The molecule has 0 aliphatic heterocycles. The Balaban J connectivity index is 2.68. The molecule has 0 spiro atoms. The summed E-state index contributed by atoms with van der Waals surface area (Å²) in [5.74, 6) is -0.949. The number of benzene rings is 1. The number of hydrogen-bond acceptors (Lipinski definition) is 3. The van der Waals surface area contributed by atoms with Crippen LogP contribution < -0.4 is 5.32 Å². The lowest BCUT2D eigenvalue weighted by Gasteiger charge is -2.14. The van der Waals surface area contributed by atoms with Gasteiger partial charge in [-0.25, -0.2) is 0 Å². The highest BCUT2D eigenvalue weighted by Crippen LogP contribution is 2.13. The maximum absolute atomic E-state index is 11.1. The smallest absolute Gasteiger partial charge is 0.325 e. The fraction of sp³-hybridized carbons (Fsp3) is 0.364. The van der Waals surface area contributed by atoms with Crippen LogP contribution in [0.15, 0.2) is 29.4 Å². The number of hydrogen-bond donors (Lipinski definition) is 2. The number of nitrogens with one attached hydrogen (secondary N) is 1. The lowest BCUT2D eigenvalue weighted by Crippen LogP contribution is -2.30. The molecule has 17 heavy (non-hydrogen) atoms. The molecular formula is C11H14N4O2. The third-order valence-corrected chi connectivity index (χ3v) is 2.28. The van der Waals surface area contributed by atoms with Gasteiger partial charge in [0.25, 0.3) is 0 Å². The Labute approximate surface area is 98.9 Å². The highest BCUT2D eigenvalue weighted by atomic mass is 16.4. The summed E-state index contributed by atoms with van der Waals surface area (Å²) in [6, 6.07) is 6.49. The molecule has 0 aromatic heterocycles. The molecule has 1 aromatic rings. The minimum Gasteiger partial charge on any atom is -0.480 e. The van der Waals surface area contributed by atoms with E-state index < -0.39 is 12.0 Å². The van der Waals surface area contributed by atoms with Crippen molar-refractivity contribution in [3.8, 4) is 0 Å². The van der Waals surface area contributed by atoms with E-state index in [1.54, 1.807) is 12.1 Å². The van der Waals surface area contributed by atoms with E-state index in [0.29, 0.717) is 12.1 Å². The molecule has 1 atom stereocenters. The lowest BCUT2D eigenvalue weighted by atomic mass is 10.1. The first-order valence-electron chi connectivity index (χ1n) is 5.18. The molecule has 6 nitrogen and oxygen atoms in total. The van der Waals surface area contributed by atoms with Crippen molar-refractivity contribution in [1.82, 2.24) is 5.32 Å². The van der Waals surface area contributed by atoms with Gasteiger partial charge < -0.3 is 10.4 Å². The molecule has 0 saturated heterocycles. The molecular weight excluding hydrogens is 220 g/mol. The summed E-state index contributed by atoms with van der Waals surface area (Å²) in [7, 11) is 0. The minimum atomic E-state index is -0.949. The SMILES string of the molecule is Cc1ccc(C(NCCN=[N+]=[N-])C(=O)O)cc1. The van der Waals surface area contributed by atoms with E-state index in [-0.39, 0.29) is 6.54 Å². The van der Waals surface area contributed by atoms with Crippen molar-refractivity contribution >= 4 is 5.97 Å². The fourth-order valence-corrected chi connectivity index (χ4v) is 1.41. The molecule has 2 N–H and O–H groups in total. The number of carboxylic acids is 1. The molecule has 1 rings (SSSR count). The van der Waals surface area contributed by atoms with Gasteiger partial charge in [-0.2, -0.15) is 0 Å². The maximum atomic E-state index is 11.1. The molecule has 1 aromatic carbocycles. The van der Waals surface area contributed by atoms with Crippen LogP contribution in [0.2, 0.25) is 0 Å². The monoisotopic (exact) mass is 234 g/mol. The number of nitrogens with zero attached hydrogens (tertiary/aromatic N) is 3. The van der Waals surface area contributed by atoms with Crippen molar-refractivity contribution in [3.05, 3.63) is 45.8 Å². The Morgan fingerprint density at radius 3 is 2.71 bits per heavy atom. The van der Waals surface area contributed by atoms with Gasteiger partial charge in [0, 0.05) is 18.0 Å². The predicted octanol–water partition coefficient (Wildman–Crippen LogP) is 2.02. The van der Waals surface area contributed by atoms with E-state index in [4.69, 9.17) is 10.6 Å². The van der Waals surface area contributed by atoms with E-state index in [9.17, 15) is 4.79 Å². The van der Waals surface area contributed by atoms with Gasteiger partial charge >= 0.3 is 5.97 Å². The second-order valence-electron chi connectivity index (χ2n) is 3.59. The number of rotatable bonds is 6. The van der Waals surface area contributed by atoms with E-state index in [1.165, 1.54) is 0 Å². The van der Waals surface area contributed by atoms with Crippen LogP contribution in [0.1, 0.15) is 17.2 Å². The summed E-state index contributed by atoms with van der Waals surface area (Å²) in [6.07, 6.45) is 0. The number of azide groups is 1. The first-order valence-corrected chi connectivity index (χ1v) is 5.18. The van der Waals surface area contributed by atoms with Crippen LogP contribution in [0.25, 0.3) is 10.4 Å². The van der Waals surface area contributed by atoms with Crippen molar-refractivity contribution < 1.29 is 9.90 Å². The first-order chi connectivity index (χ1) is 8.15. The summed E-state index contributed by atoms with van der Waals surface area (Å²) in [4.78, 5) is 13.7. The zero-order chi connectivity index (χ0) is 12.7. The summed E-state index contributed by atoms with van der Waals surface area (Å²) in [6.45, 7) is 2.50. The molecule has 0 aliphatic carbocycles. The Hall–Kier alpha value is -2.04. The largest absolute Gasteiger partial charge is 0.480 e. The van der Waals surface area contributed by atoms with Gasteiger partial charge in [0.15, 0.2) is 0 Å².